The van der Waals surface area contributed by atoms with Crippen molar-refractivity contribution < 1.29 is 23.1 Å². The van der Waals surface area contributed by atoms with E-state index in [1.165, 1.54) is 40.7 Å². The molecule has 0 atom stereocenters. The molecule has 2 rings (SSSR count). The monoisotopic (exact) mass is 390 g/mol. The van der Waals surface area contributed by atoms with Gasteiger partial charge >= 0.3 is 5.97 Å². The molecule has 0 unspecified atom stereocenters. The van der Waals surface area contributed by atoms with E-state index >= 15 is 0 Å². The maximum Gasteiger partial charge on any atom is 0.335 e. The molecular formula is C19H22N2O5S. The zero-order valence-corrected chi connectivity index (χ0v) is 16.0. The molecule has 144 valence electrons. The van der Waals surface area contributed by atoms with E-state index < -0.39 is 16.0 Å². The molecule has 1 amide bonds. The van der Waals surface area contributed by atoms with Crippen molar-refractivity contribution in [3.05, 3.63) is 65.2 Å². The van der Waals surface area contributed by atoms with Crippen LogP contribution in [0.4, 0.5) is 0 Å². The lowest BCUT2D eigenvalue weighted by molar-refractivity contribution is 0.0696. The number of amides is 1. The highest BCUT2D eigenvalue weighted by Gasteiger charge is 2.21. The van der Waals surface area contributed by atoms with E-state index in [0.717, 1.165) is 5.56 Å². The minimum Gasteiger partial charge on any atom is -0.478 e. The van der Waals surface area contributed by atoms with E-state index in [0.29, 0.717) is 18.7 Å². The molecule has 0 radical (unpaired) electrons. The standard InChI is InChI=1S/C19H22N2O5S/c1-3-21(4-2)27(25,26)17-11-5-14(6-12-17)13-20-18(22)15-7-9-16(10-8-15)19(23)24/h5-12H,3-4,13H2,1-2H3,(H,20,22)(H,23,24). The lowest BCUT2D eigenvalue weighted by atomic mass is 10.1. The number of carbonyl (C=O) groups is 2. The first-order chi connectivity index (χ1) is 12.8. The van der Waals surface area contributed by atoms with Crippen LogP contribution in [0.3, 0.4) is 0 Å². The van der Waals surface area contributed by atoms with Gasteiger partial charge in [0.05, 0.1) is 10.5 Å². The molecule has 0 heterocycles. The van der Waals surface area contributed by atoms with Crippen LogP contribution in [0, 0.1) is 0 Å². The first-order valence-electron chi connectivity index (χ1n) is 8.50. The highest BCUT2D eigenvalue weighted by Crippen LogP contribution is 2.16. The van der Waals surface area contributed by atoms with Gasteiger partial charge in [0.15, 0.2) is 0 Å². The summed E-state index contributed by atoms with van der Waals surface area (Å²) in [4.78, 5) is 23.2. The van der Waals surface area contributed by atoms with Gasteiger partial charge in [0.25, 0.3) is 5.91 Å². The number of benzene rings is 2. The predicted octanol–water partition coefficient (Wildman–Crippen LogP) is 2.35. The molecule has 0 saturated carbocycles. The minimum absolute atomic E-state index is 0.108. The zero-order chi connectivity index (χ0) is 20.0. The Labute approximate surface area is 158 Å². The first kappa shape index (κ1) is 20.6. The lowest BCUT2D eigenvalue weighted by Gasteiger charge is -2.18. The van der Waals surface area contributed by atoms with Gasteiger partial charge in [0.2, 0.25) is 10.0 Å². The largest absolute Gasteiger partial charge is 0.478 e. The van der Waals surface area contributed by atoms with E-state index in [4.69, 9.17) is 5.11 Å². The maximum absolute atomic E-state index is 12.4. The van der Waals surface area contributed by atoms with Gasteiger partial charge in [-0.1, -0.05) is 26.0 Å². The average Bonchev–Trinajstić information content (AvgIpc) is 2.67. The number of carboxylic acids is 1. The summed E-state index contributed by atoms with van der Waals surface area (Å²) in [5.74, 6) is -1.39. The summed E-state index contributed by atoms with van der Waals surface area (Å²) in [5, 5.41) is 11.6. The Morgan fingerprint density at radius 2 is 1.44 bits per heavy atom. The number of nitrogens with one attached hydrogen (secondary N) is 1. The third-order valence-corrected chi connectivity index (χ3v) is 6.18. The van der Waals surface area contributed by atoms with Gasteiger partial charge in [-0.05, 0) is 42.0 Å². The summed E-state index contributed by atoms with van der Waals surface area (Å²) in [6, 6.07) is 12.0. The molecule has 8 heteroatoms. The maximum atomic E-state index is 12.4. The molecule has 0 bridgehead atoms. The van der Waals surface area contributed by atoms with Crippen molar-refractivity contribution in [2.45, 2.75) is 25.3 Å². The summed E-state index contributed by atoms with van der Waals surface area (Å²) < 4.78 is 26.3. The highest BCUT2D eigenvalue weighted by atomic mass is 32.2. The summed E-state index contributed by atoms with van der Waals surface area (Å²) in [7, 11) is -3.51. The smallest absolute Gasteiger partial charge is 0.335 e. The van der Waals surface area contributed by atoms with E-state index in [1.54, 1.807) is 26.0 Å². The van der Waals surface area contributed by atoms with Gasteiger partial charge in [-0.3, -0.25) is 4.79 Å². The number of carboxylic acid groups (broad SMARTS) is 1. The zero-order valence-electron chi connectivity index (χ0n) is 15.2. The van der Waals surface area contributed by atoms with Gasteiger partial charge in [-0.25, -0.2) is 13.2 Å². The fourth-order valence-electron chi connectivity index (χ4n) is 2.54. The minimum atomic E-state index is -3.51. The van der Waals surface area contributed by atoms with Crippen molar-refractivity contribution >= 4 is 21.9 Å². The Morgan fingerprint density at radius 1 is 0.926 bits per heavy atom. The van der Waals surface area contributed by atoms with E-state index in [-0.39, 0.29) is 22.9 Å². The molecule has 2 aromatic rings. The second kappa shape index (κ2) is 8.79. The van der Waals surface area contributed by atoms with Crippen molar-refractivity contribution in [2.75, 3.05) is 13.1 Å². The summed E-state index contributed by atoms with van der Waals surface area (Å²) in [5.41, 5.74) is 1.21. The molecule has 0 aliphatic carbocycles. The first-order valence-corrected chi connectivity index (χ1v) is 9.94. The average molecular weight is 390 g/mol. The SMILES string of the molecule is CCN(CC)S(=O)(=O)c1ccc(CNC(=O)c2ccc(C(=O)O)cc2)cc1. The predicted molar refractivity (Wildman–Crippen MR) is 101 cm³/mol. The van der Waals surface area contributed by atoms with Crippen molar-refractivity contribution in [1.29, 1.82) is 0 Å². The fraction of sp³-hybridized carbons (Fsp3) is 0.263. The molecule has 2 aromatic carbocycles. The highest BCUT2D eigenvalue weighted by molar-refractivity contribution is 7.89. The number of rotatable bonds is 8. The Bertz CT molecular complexity index is 902. The summed E-state index contributed by atoms with van der Waals surface area (Å²) in [6.45, 7) is 4.60. The number of sulfonamides is 1. The lowest BCUT2D eigenvalue weighted by Crippen LogP contribution is -2.30. The van der Waals surface area contributed by atoms with Crippen LogP contribution in [-0.4, -0.2) is 42.8 Å². The Balaban J connectivity index is 2.02. The van der Waals surface area contributed by atoms with Crippen molar-refractivity contribution in [3.8, 4) is 0 Å². The van der Waals surface area contributed by atoms with Crippen LogP contribution in [0.25, 0.3) is 0 Å². The van der Waals surface area contributed by atoms with Gasteiger partial charge in [-0.2, -0.15) is 4.31 Å². The third-order valence-electron chi connectivity index (χ3n) is 4.11. The second-order valence-electron chi connectivity index (χ2n) is 5.80. The van der Waals surface area contributed by atoms with E-state index in [2.05, 4.69) is 5.32 Å². The van der Waals surface area contributed by atoms with E-state index in [9.17, 15) is 18.0 Å². The Hall–Kier alpha value is -2.71. The molecule has 0 aliphatic heterocycles. The van der Waals surface area contributed by atoms with Gasteiger partial charge in [0.1, 0.15) is 0 Å². The van der Waals surface area contributed by atoms with Gasteiger partial charge in [0, 0.05) is 25.2 Å². The van der Waals surface area contributed by atoms with Crippen LogP contribution < -0.4 is 5.32 Å². The summed E-state index contributed by atoms with van der Waals surface area (Å²) >= 11 is 0. The number of hydrogen-bond acceptors (Lipinski definition) is 4. The molecular weight excluding hydrogens is 368 g/mol. The molecule has 0 fully saturated rings. The van der Waals surface area contributed by atoms with Crippen LogP contribution in [0.2, 0.25) is 0 Å². The number of carbonyl (C=O) groups excluding carboxylic acids is 1. The summed E-state index contributed by atoms with van der Waals surface area (Å²) in [6.07, 6.45) is 0. The fourth-order valence-corrected chi connectivity index (χ4v) is 4.00. The number of nitrogens with zero attached hydrogens (tertiary/aromatic N) is 1. The van der Waals surface area contributed by atoms with Crippen molar-refractivity contribution in [1.82, 2.24) is 9.62 Å². The van der Waals surface area contributed by atoms with Gasteiger partial charge in [-0.15, -0.1) is 0 Å². The Kier molecular flexibility index (Phi) is 6.70. The van der Waals surface area contributed by atoms with Gasteiger partial charge < -0.3 is 10.4 Å². The van der Waals surface area contributed by atoms with Crippen LogP contribution in [0.5, 0.6) is 0 Å². The topological polar surface area (TPSA) is 104 Å². The normalized spacial score (nSPS) is 11.4. The molecule has 7 nitrogen and oxygen atoms in total. The number of aromatic carboxylic acids is 1. The molecule has 0 aliphatic rings. The second-order valence-corrected chi connectivity index (χ2v) is 7.74. The molecule has 0 saturated heterocycles. The number of hydrogen-bond donors (Lipinski definition) is 2. The quantitative estimate of drug-likeness (QED) is 0.720. The molecule has 0 spiro atoms. The molecule has 27 heavy (non-hydrogen) atoms. The Morgan fingerprint density at radius 3 is 1.93 bits per heavy atom. The van der Waals surface area contributed by atoms with Crippen LogP contribution >= 0.6 is 0 Å². The van der Waals surface area contributed by atoms with Crippen molar-refractivity contribution in [3.63, 3.8) is 0 Å². The van der Waals surface area contributed by atoms with Crippen LogP contribution in [0.15, 0.2) is 53.4 Å². The molecule has 0 aromatic heterocycles. The third kappa shape index (κ3) is 4.93. The van der Waals surface area contributed by atoms with Crippen LogP contribution in [-0.2, 0) is 16.6 Å². The molecule has 2 N–H and O–H groups in total. The van der Waals surface area contributed by atoms with Crippen LogP contribution in [0.1, 0.15) is 40.1 Å². The van der Waals surface area contributed by atoms with E-state index in [1.807, 2.05) is 0 Å². The van der Waals surface area contributed by atoms with Crippen molar-refractivity contribution in [2.24, 2.45) is 0 Å².